The second-order valence-electron chi connectivity index (χ2n) is 5.38. The van der Waals surface area contributed by atoms with Crippen molar-refractivity contribution in [1.29, 1.82) is 0 Å². The van der Waals surface area contributed by atoms with Crippen LogP contribution in [-0.2, 0) is 0 Å². The minimum atomic E-state index is 0.204. The molecule has 1 aromatic rings. The van der Waals surface area contributed by atoms with Gasteiger partial charge in [0.1, 0.15) is 0 Å². The molecule has 0 heterocycles. The monoisotopic (exact) mass is 357 g/mol. The van der Waals surface area contributed by atoms with E-state index in [4.69, 9.17) is 5.73 Å². The molecule has 2 aliphatic rings. The third-order valence-corrected chi connectivity index (χ3v) is 5.67. The van der Waals surface area contributed by atoms with Crippen molar-refractivity contribution in [1.82, 2.24) is 0 Å². The van der Waals surface area contributed by atoms with Crippen LogP contribution in [0.2, 0.25) is 0 Å². The van der Waals surface area contributed by atoms with Gasteiger partial charge in [-0.1, -0.05) is 44.7 Å². The molecule has 0 saturated heterocycles. The zero-order valence-electron chi connectivity index (χ0n) is 9.70. The summed E-state index contributed by atoms with van der Waals surface area (Å²) in [5.41, 5.74) is 7.74. The number of nitrogens with two attached hydrogens (primary N) is 1. The fourth-order valence-corrected chi connectivity index (χ4v) is 4.45. The van der Waals surface area contributed by atoms with E-state index in [0.29, 0.717) is 0 Å². The zero-order chi connectivity index (χ0) is 12.0. The summed E-state index contributed by atoms with van der Waals surface area (Å²) >= 11 is 7.16. The highest BCUT2D eigenvalue weighted by Gasteiger charge is 2.53. The Balaban J connectivity index is 1.82. The molecular weight excluding hydrogens is 342 g/mol. The first kappa shape index (κ1) is 12.2. The molecule has 2 saturated carbocycles. The third kappa shape index (κ3) is 2.22. The Kier molecular flexibility index (Phi) is 3.35. The van der Waals surface area contributed by atoms with Gasteiger partial charge in [0.2, 0.25) is 0 Å². The van der Waals surface area contributed by atoms with Crippen LogP contribution >= 0.6 is 31.9 Å². The molecule has 2 aliphatic carbocycles. The predicted octanol–water partition coefficient (Wildman–Crippen LogP) is 4.65. The Bertz CT molecular complexity index is 420. The lowest BCUT2D eigenvalue weighted by Crippen LogP contribution is -2.15. The van der Waals surface area contributed by atoms with E-state index >= 15 is 0 Å². The number of rotatable bonds is 2. The maximum atomic E-state index is 6.48. The number of fused-ring (bicyclic) bond motifs is 1. The molecule has 2 N–H and O–H groups in total. The molecular formula is C14H17Br2N. The van der Waals surface area contributed by atoms with Crippen molar-refractivity contribution >= 4 is 31.9 Å². The SMILES string of the molecule is NC(c1cc(Br)ccc1Br)C1C2CCCCC21. The van der Waals surface area contributed by atoms with Crippen LogP contribution in [0.4, 0.5) is 0 Å². The molecule has 0 aliphatic heterocycles. The van der Waals surface area contributed by atoms with Crippen molar-refractivity contribution in [3.8, 4) is 0 Å². The molecule has 0 aromatic heterocycles. The van der Waals surface area contributed by atoms with Crippen LogP contribution in [0, 0.1) is 17.8 Å². The highest BCUT2D eigenvalue weighted by Crippen LogP contribution is 2.60. The number of hydrogen-bond donors (Lipinski definition) is 1. The van der Waals surface area contributed by atoms with E-state index in [1.54, 1.807) is 0 Å². The van der Waals surface area contributed by atoms with Crippen molar-refractivity contribution < 1.29 is 0 Å². The Morgan fingerprint density at radius 3 is 2.41 bits per heavy atom. The Morgan fingerprint density at radius 2 is 1.76 bits per heavy atom. The van der Waals surface area contributed by atoms with Gasteiger partial charge in [0.15, 0.2) is 0 Å². The van der Waals surface area contributed by atoms with E-state index in [1.807, 2.05) is 0 Å². The van der Waals surface area contributed by atoms with Gasteiger partial charge in [0, 0.05) is 15.0 Å². The van der Waals surface area contributed by atoms with Crippen LogP contribution in [0.25, 0.3) is 0 Å². The molecule has 0 amide bonds. The van der Waals surface area contributed by atoms with Gasteiger partial charge in [-0.15, -0.1) is 0 Å². The normalized spacial score (nSPS) is 33.0. The van der Waals surface area contributed by atoms with Gasteiger partial charge in [-0.3, -0.25) is 0 Å². The van der Waals surface area contributed by atoms with Crippen molar-refractivity contribution in [3.05, 3.63) is 32.7 Å². The molecule has 92 valence electrons. The molecule has 0 bridgehead atoms. The summed E-state index contributed by atoms with van der Waals surface area (Å²) in [6.07, 6.45) is 5.61. The van der Waals surface area contributed by atoms with Gasteiger partial charge < -0.3 is 5.73 Å². The minimum absolute atomic E-state index is 0.204. The zero-order valence-corrected chi connectivity index (χ0v) is 12.9. The summed E-state index contributed by atoms with van der Waals surface area (Å²) in [5.74, 6) is 2.54. The Labute approximate surface area is 119 Å². The molecule has 1 aromatic carbocycles. The number of halogens is 2. The highest BCUT2D eigenvalue weighted by atomic mass is 79.9. The summed E-state index contributed by atoms with van der Waals surface area (Å²) < 4.78 is 2.27. The first-order valence-electron chi connectivity index (χ1n) is 6.39. The number of benzene rings is 1. The lowest BCUT2D eigenvalue weighted by Gasteiger charge is -2.14. The first-order valence-corrected chi connectivity index (χ1v) is 7.97. The summed E-state index contributed by atoms with van der Waals surface area (Å²) in [4.78, 5) is 0. The van der Waals surface area contributed by atoms with Crippen molar-refractivity contribution in [2.45, 2.75) is 31.7 Å². The van der Waals surface area contributed by atoms with Crippen LogP contribution < -0.4 is 5.73 Å². The summed E-state index contributed by atoms with van der Waals surface area (Å²) in [6.45, 7) is 0. The summed E-state index contributed by atoms with van der Waals surface area (Å²) in [7, 11) is 0. The maximum absolute atomic E-state index is 6.48. The summed E-state index contributed by atoms with van der Waals surface area (Å²) in [5, 5.41) is 0. The fraction of sp³-hybridized carbons (Fsp3) is 0.571. The van der Waals surface area contributed by atoms with Crippen LogP contribution in [0.1, 0.15) is 37.3 Å². The smallest absolute Gasteiger partial charge is 0.0340 e. The van der Waals surface area contributed by atoms with Crippen LogP contribution in [0.15, 0.2) is 27.1 Å². The van der Waals surface area contributed by atoms with E-state index in [0.717, 1.165) is 26.7 Å². The topological polar surface area (TPSA) is 26.0 Å². The van der Waals surface area contributed by atoms with Crippen molar-refractivity contribution in [2.75, 3.05) is 0 Å². The van der Waals surface area contributed by atoms with Gasteiger partial charge in [-0.2, -0.15) is 0 Å². The van der Waals surface area contributed by atoms with E-state index < -0.39 is 0 Å². The average Bonchev–Trinajstić information content (AvgIpc) is 3.05. The maximum Gasteiger partial charge on any atom is 0.0340 e. The van der Waals surface area contributed by atoms with E-state index in [1.165, 1.54) is 31.2 Å². The second kappa shape index (κ2) is 4.67. The van der Waals surface area contributed by atoms with Gasteiger partial charge in [-0.05, 0) is 54.4 Å². The average molecular weight is 359 g/mol. The Morgan fingerprint density at radius 1 is 1.12 bits per heavy atom. The fourth-order valence-electron chi connectivity index (χ4n) is 3.56. The first-order chi connectivity index (χ1) is 8.18. The minimum Gasteiger partial charge on any atom is -0.324 e. The van der Waals surface area contributed by atoms with Crippen LogP contribution in [0.5, 0.6) is 0 Å². The molecule has 3 rings (SSSR count). The quantitative estimate of drug-likeness (QED) is 0.818. The lowest BCUT2D eigenvalue weighted by atomic mass is 10.0. The Hall–Kier alpha value is 0.140. The van der Waals surface area contributed by atoms with E-state index in [-0.39, 0.29) is 6.04 Å². The van der Waals surface area contributed by atoms with E-state index in [9.17, 15) is 0 Å². The largest absolute Gasteiger partial charge is 0.324 e. The second-order valence-corrected chi connectivity index (χ2v) is 7.15. The standard InChI is InChI=1S/C14H17Br2N/c15-8-5-6-12(16)11(7-8)14(17)13-9-3-1-2-4-10(9)13/h5-7,9-10,13-14H,1-4,17H2. The van der Waals surface area contributed by atoms with Gasteiger partial charge in [0.05, 0.1) is 0 Å². The molecule has 3 atom stereocenters. The molecule has 0 radical (unpaired) electrons. The third-order valence-electron chi connectivity index (χ3n) is 4.45. The van der Waals surface area contributed by atoms with Gasteiger partial charge >= 0.3 is 0 Å². The molecule has 1 nitrogen and oxygen atoms in total. The highest BCUT2D eigenvalue weighted by molar-refractivity contribution is 9.11. The molecule has 0 spiro atoms. The number of hydrogen-bond acceptors (Lipinski definition) is 1. The van der Waals surface area contributed by atoms with Gasteiger partial charge in [-0.25, -0.2) is 0 Å². The summed E-state index contributed by atoms with van der Waals surface area (Å²) in [6, 6.07) is 6.51. The van der Waals surface area contributed by atoms with Gasteiger partial charge in [0.25, 0.3) is 0 Å². The predicted molar refractivity (Wildman–Crippen MR) is 77.7 cm³/mol. The molecule has 17 heavy (non-hydrogen) atoms. The van der Waals surface area contributed by atoms with Crippen molar-refractivity contribution in [3.63, 3.8) is 0 Å². The lowest BCUT2D eigenvalue weighted by molar-refractivity contribution is 0.480. The van der Waals surface area contributed by atoms with Crippen LogP contribution in [-0.4, -0.2) is 0 Å². The molecule has 3 unspecified atom stereocenters. The van der Waals surface area contributed by atoms with E-state index in [2.05, 4.69) is 50.1 Å². The molecule has 3 heteroatoms. The van der Waals surface area contributed by atoms with Crippen LogP contribution in [0.3, 0.4) is 0 Å². The van der Waals surface area contributed by atoms with Crippen molar-refractivity contribution in [2.24, 2.45) is 23.5 Å². The molecule has 2 fully saturated rings.